The maximum atomic E-state index is 2.41. The van der Waals surface area contributed by atoms with E-state index in [-0.39, 0.29) is 10.8 Å². The molecule has 0 bridgehead atoms. The van der Waals surface area contributed by atoms with Crippen LogP contribution in [-0.2, 0) is 10.8 Å². The molecule has 10 aromatic carbocycles. The van der Waals surface area contributed by atoms with Crippen molar-refractivity contribution in [3.8, 4) is 11.1 Å². The van der Waals surface area contributed by atoms with Crippen molar-refractivity contribution in [3.05, 3.63) is 277 Å². The maximum Gasteiger partial charge on any atom is 0.0504 e. The highest BCUT2D eigenvalue weighted by atomic mass is 15.2. The summed E-state index contributed by atoms with van der Waals surface area (Å²) in [5.41, 5.74) is 20.8. The summed E-state index contributed by atoms with van der Waals surface area (Å²) < 4.78 is 0. The van der Waals surface area contributed by atoms with Gasteiger partial charge in [-0.1, -0.05) is 161 Å². The van der Waals surface area contributed by atoms with E-state index >= 15 is 0 Å². The van der Waals surface area contributed by atoms with Crippen LogP contribution < -0.4 is 19.6 Å². The van der Waals surface area contributed by atoms with Crippen molar-refractivity contribution in [1.82, 2.24) is 0 Å². The predicted octanol–water partition coefficient (Wildman–Crippen LogP) is 18.5. The summed E-state index contributed by atoms with van der Waals surface area (Å²) >= 11 is 0. The van der Waals surface area contributed by atoms with Crippen molar-refractivity contribution in [3.63, 3.8) is 0 Å². The Labute approximate surface area is 412 Å². The molecule has 0 N–H and O–H groups in total. The number of para-hydroxylation sites is 6. The third-order valence-electron chi connectivity index (χ3n) is 14.6. The highest BCUT2D eigenvalue weighted by Gasteiger charge is 2.39. The Bertz CT molecular complexity index is 3240. The first kappa shape index (κ1) is 42.7. The first-order valence-corrected chi connectivity index (χ1v) is 24.3. The van der Waals surface area contributed by atoms with E-state index in [0.717, 1.165) is 56.6 Å². The molecule has 10 aromatic rings. The topological polar surface area (TPSA) is 13.0 Å². The van der Waals surface area contributed by atoms with Crippen LogP contribution in [0.2, 0.25) is 0 Å². The second-order valence-electron chi connectivity index (χ2n) is 19.5. The van der Waals surface area contributed by atoms with E-state index in [1.165, 1.54) is 45.0 Å². The average molecular weight is 903 g/mol. The van der Waals surface area contributed by atoms with Crippen LogP contribution in [0.15, 0.2) is 255 Å². The lowest BCUT2D eigenvalue weighted by atomic mass is 9.73. The third kappa shape index (κ3) is 7.23. The standard InChI is InChI=1S/C66H54N4/c1-65(2)57-29-17-19-31-61(57)69(51-25-13-7-14-26-51)63-43-41-55(45-59(63)65)67(49-21-9-5-10-22-49)53-37-33-47(34-38-53)48-35-39-54(40-36-48)68(50-23-11-6-12-24-50)56-42-44-64-60(46-56)66(3,4)58-30-18-20-32-62(58)70(64)52-27-15-8-16-28-52/h5-46H,1-4H3. The van der Waals surface area contributed by atoms with Crippen molar-refractivity contribution in [2.75, 3.05) is 19.6 Å². The predicted molar refractivity (Wildman–Crippen MR) is 295 cm³/mol. The Balaban J connectivity index is 0.892. The highest BCUT2D eigenvalue weighted by Crippen LogP contribution is 2.55. The minimum absolute atomic E-state index is 0.228. The lowest BCUT2D eigenvalue weighted by Gasteiger charge is -2.42. The van der Waals surface area contributed by atoms with Crippen LogP contribution in [0.3, 0.4) is 0 Å². The molecule has 0 saturated carbocycles. The van der Waals surface area contributed by atoms with Crippen LogP contribution in [0.4, 0.5) is 68.2 Å². The van der Waals surface area contributed by atoms with Gasteiger partial charge in [-0.25, -0.2) is 0 Å². The number of rotatable bonds is 9. The number of nitrogens with zero attached hydrogens (tertiary/aromatic N) is 4. The fourth-order valence-electron chi connectivity index (χ4n) is 11.0. The van der Waals surface area contributed by atoms with Crippen LogP contribution in [0, 0.1) is 0 Å². The Hall–Kier alpha value is -8.60. The zero-order valence-corrected chi connectivity index (χ0v) is 40.0. The van der Waals surface area contributed by atoms with E-state index in [9.17, 15) is 0 Å². The van der Waals surface area contributed by atoms with Crippen LogP contribution >= 0.6 is 0 Å². The molecule has 70 heavy (non-hydrogen) atoms. The largest absolute Gasteiger partial charge is 0.310 e. The quantitative estimate of drug-likeness (QED) is 0.143. The first-order valence-electron chi connectivity index (χ1n) is 24.3. The van der Waals surface area contributed by atoms with Gasteiger partial charge in [-0.05, 0) is 155 Å². The normalized spacial score (nSPS) is 13.9. The molecule has 0 unspecified atom stereocenters. The van der Waals surface area contributed by atoms with Gasteiger partial charge in [0.2, 0.25) is 0 Å². The van der Waals surface area contributed by atoms with E-state index in [4.69, 9.17) is 0 Å². The number of hydrogen-bond acceptors (Lipinski definition) is 4. The van der Waals surface area contributed by atoms with Gasteiger partial charge in [0.25, 0.3) is 0 Å². The molecule has 4 nitrogen and oxygen atoms in total. The zero-order valence-electron chi connectivity index (χ0n) is 40.0. The summed E-state index contributed by atoms with van der Waals surface area (Å²) in [6, 6.07) is 92.6. The molecule has 0 radical (unpaired) electrons. The molecule has 338 valence electrons. The fraction of sp³-hybridized carbons (Fsp3) is 0.0909. The van der Waals surface area contributed by atoms with Gasteiger partial charge in [0.05, 0.1) is 22.7 Å². The molecule has 12 rings (SSSR count). The average Bonchev–Trinajstić information content (AvgIpc) is 3.41. The summed E-state index contributed by atoms with van der Waals surface area (Å²) in [5, 5.41) is 0. The Morgan fingerprint density at radius 1 is 0.257 bits per heavy atom. The van der Waals surface area contributed by atoms with Gasteiger partial charge in [0.1, 0.15) is 0 Å². The SMILES string of the molecule is CC1(C)c2ccccc2N(c2ccccc2)c2ccc(N(c3ccccc3)c3ccc(-c4ccc(N(c5ccccc5)c5ccc6c(c5)C(C)(C)c5ccccc5N6c5ccccc5)cc4)cc3)cc21. The number of anilines is 12. The Morgan fingerprint density at radius 2 is 0.543 bits per heavy atom. The van der Waals surface area contributed by atoms with Gasteiger partial charge >= 0.3 is 0 Å². The molecule has 0 spiro atoms. The number of fused-ring (bicyclic) bond motifs is 4. The second-order valence-corrected chi connectivity index (χ2v) is 19.5. The summed E-state index contributed by atoms with van der Waals surface area (Å²) in [6.45, 7) is 9.42. The Morgan fingerprint density at radius 3 is 0.914 bits per heavy atom. The smallest absolute Gasteiger partial charge is 0.0504 e. The molecule has 0 atom stereocenters. The molecule has 0 fully saturated rings. The van der Waals surface area contributed by atoms with E-state index in [1.54, 1.807) is 0 Å². The zero-order chi connectivity index (χ0) is 47.4. The minimum Gasteiger partial charge on any atom is -0.310 e. The highest BCUT2D eigenvalue weighted by molar-refractivity contribution is 5.91. The van der Waals surface area contributed by atoms with Crippen molar-refractivity contribution >= 4 is 68.2 Å². The number of hydrogen-bond donors (Lipinski definition) is 0. The molecular weight excluding hydrogens is 849 g/mol. The summed E-state index contributed by atoms with van der Waals surface area (Å²) in [4.78, 5) is 9.59. The van der Waals surface area contributed by atoms with Crippen LogP contribution in [0.5, 0.6) is 0 Å². The van der Waals surface area contributed by atoms with Crippen LogP contribution in [-0.4, -0.2) is 0 Å². The first-order chi connectivity index (χ1) is 34.3. The van der Waals surface area contributed by atoms with Gasteiger partial charge in [0.15, 0.2) is 0 Å². The molecule has 2 aliphatic heterocycles. The van der Waals surface area contributed by atoms with E-state index in [1.807, 2.05) is 0 Å². The molecule has 0 aliphatic carbocycles. The van der Waals surface area contributed by atoms with E-state index in [2.05, 4.69) is 302 Å². The molecule has 0 saturated heterocycles. The molecule has 0 amide bonds. The summed E-state index contributed by atoms with van der Waals surface area (Å²) in [6.07, 6.45) is 0. The van der Waals surface area contributed by atoms with Gasteiger partial charge < -0.3 is 19.6 Å². The van der Waals surface area contributed by atoms with Crippen LogP contribution in [0.1, 0.15) is 49.9 Å². The van der Waals surface area contributed by atoms with Crippen LogP contribution in [0.25, 0.3) is 11.1 Å². The molecule has 4 heteroatoms. The van der Waals surface area contributed by atoms with E-state index < -0.39 is 0 Å². The Kier molecular flexibility index (Phi) is 10.5. The van der Waals surface area contributed by atoms with Gasteiger partial charge in [0, 0.05) is 56.3 Å². The second kappa shape index (κ2) is 17.2. The molecule has 0 aromatic heterocycles. The summed E-state index contributed by atoms with van der Waals surface area (Å²) in [5.74, 6) is 0. The molecule has 2 heterocycles. The van der Waals surface area contributed by atoms with Gasteiger partial charge in [-0.15, -0.1) is 0 Å². The third-order valence-corrected chi connectivity index (χ3v) is 14.6. The molecule has 2 aliphatic rings. The van der Waals surface area contributed by atoms with Gasteiger partial charge in [-0.2, -0.15) is 0 Å². The minimum atomic E-state index is -0.228. The lowest BCUT2D eigenvalue weighted by molar-refractivity contribution is 0.632. The molecular formula is C66H54N4. The van der Waals surface area contributed by atoms with Crippen molar-refractivity contribution in [2.45, 2.75) is 38.5 Å². The fourth-order valence-corrected chi connectivity index (χ4v) is 11.0. The van der Waals surface area contributed by atoms with Crippen molar-refractivity contribution in [1.29, 1.82) is 0 Å². The van der Waals surface area contributed by atoms with Gasteiger partial charge in [-0.3, -0.25) is 0 Å². The lowest BCUT2D eigenvalue weighted by Crippen LogP contribution is -2.30. The van der Waals surface area contributed by atoms with Crippen molar-refractivity contribution < 1.29 is 0 Å². The van der Waals surface area contributed by atoms with E-state index in [0.29, 0.717) is 0 Å². The monoisotopic (exact) mass is 902 g/mol. The maximum absolute atomic E-state index is 2.41. The summed E-state index contributed by atoms with van der Waals surface area (Å²) in [7, 11) is 0. The van der Waals surface area contributed by atoms with Crippen molar-refractivity contribution in [2.24, 2.45) is 0 Å². The number of benzene rings is 10.